The molecule has 8 heteroatoms. The molecule has 0 bridgehead atoms. The number of halogens is 2. The molecule has 1 amide bonds. The predicted octanol–water partition coefficient (Wildman–Crippen LogP) is 4.67. The number of thiophene rings is 1. The number of aryl methyl sites for hydroxylation is 1. The molecule has 164 valence electrons. The molecule has 0 aliphatic carbocycles. The first-order valence-corrected chi connectivity index (χ1v) is 11.4. The van der Waals surface area contributed by atoms with Crippen LogP contribution in [-0.2, 0) is 6.42 Å². The van der Waals surface area contributed by atoms with E-state index in [4.69, 9.17) is 5.73 Å². The van der Waals surface area contributed by atoms with E-state index < -0.39 is 11.6 Å². The first-order valence-electron chi connectivity index (χ1n) is 10.5. The Labute approximate surface area is 184 Å². The van der Waals surface area contributed by atoms with Crippen molar-refractivity contribution in [2.75, 3.05) is 30.3 Å². The lowest BCUT2D eigenvalue weighted by atomic mass is 10.1. The van der Waals surface area contributed by atoms with E-state index >= 15 is 0 Å². The van der Waals surface area contributed by atoms with Crippen molar-refractivity contribution in [3.8, 4) is 0 Å². The molecule has 1 aliphatic rings. The summed E-state index contributed by atoms with van der Waals surface area (Å²) in [5, 5.41) is 3.50. The highest BCUT2D eigenvalue weighted by Crippen LogP contribution is 2.32. The quantitative estimate of drug-likeness (QED) is 0.579. The largest absolute Gasteiger partial charge is 0.397 e. The molecule has 5 nitrogen and oxygen atoms in total. The van der Waals surface area contributed by atoms with E-state index in [1.165, 1.54) is 23.5 Å². The number of rotatable bonds is 6. The molecule has 1 fully saturated rings. The molecule has 0 radical (unpaired) electrons. The van der Waals surface area contributed by atoms with Crippen molar-refractivity contribution in [2.45, 2.75) is 33.1 Å². The number of carbonyl (C=O) groups excluding carboxylic acids is 1. The van der Waals surface area contributed by atoms with E-state index in [0.29, 0.717) is 27.0 Å². The smallest absolute Gasteiger partial charge is 0.263 e. The van der Waals surface area contributed by atoms with Gasteiger partial charge in [-0.3, -0.25) is 4.79 Å². The maximum atomic E-state index is 14.7. The van der Waals surface area contributed by atoms with Gasteiger partial charge in [-0.05, 0) is 49.4 Å². The molecule has 3 heterocycles. The van der Waals surface area contributed by atoms with Crippen molar-refractivity contribution in [1.82, 2.24) is 10.3 Å². The normalized spacial score (nSPS) is 16.3. The third-order valence-corrected chi connectivity index (χ3v) is 7.05. The number of nitrogen functional groups attached to an aromatic ring is 1. The van der Waals surface area contributed by atoms with Gasteiger partial charge >= 0.3 is 0 Å². The number of hydrogen-bond donors (Lipinski definition) is 2. The van der Waals surface area contributed by atoms with Crippen LogP contribution in [0.3, 0.4) is 0 Å². The number of nitrogens with zero attached hydrogens (tertiary/aromatic N) is 2. The number of amides is 1. The summed E-state index contributed by atoms with van der Waals surface area (Å²) < 4.78 is 29.3. The Kier molecular flexibility index (Phi) is 6.09. The van der Waals surface area contributed by atoms with Crippen molar-refractivity contribution < 1.29 is 13.6 Å². The van der Waals surface area contributed by atoms with E-state index in [0.717, 1.165) is 37.0 Å². The third kappa shape index (κ3) is 4.35. The standard InChI is InChI=1S/C23H26F2N4OS/c1-3-14-7-9-29(12-14)19-11-17(24)15(10-18(19)25)6-8-27-22(30)21-20(26)16-5-4-13(2)28-23(16)31-21/h4-5,10-11,14H,3,6-9,12,26H2,1-2H3,(H,27,30)/t14-/m0/s1. The van der Waals surface area contributed by atoms with Crippen LogP contribution >= 0.6 is 11.3 Å². The van der Waals surface area contributed by atoms with Crippen molar-refractivity contribution in [3.05, 3.63) is 52.0 Å². The summed E-state index contributed by atoms with van der Waals surface area (Å²) in [7, 11) is 0. The zero-order valence-electron chi connectivity index (χ0n) is 17.7. The molecular weight excluding hydrogens is 418 g/mol. The van der Waals surface area contributed by atoms with Crippen LogP contribution < -0.4 is 16.0 Å². The lowest BCUT2D eigenvalue weighted by Crippen LogP contribution is -2.26. The van der Waals surface area contributed by atoms with Crippen molar-refractivity contribution >= 4 is 38.8 Å². The number of anilines is 2. The number of hydrogen-bond acceptors (Lipinski definition) is 5. The Hall–Kier alpha value is -2.74. The van der Waals surface area contributed by atoms with Crippen LogP contribution in [0, 0.1) is 24.5 Å². The van der Waals surface area contributed by atoms with Gasteiger partial charge in [0.1, 0.15) is 21.3 Å². The highest BCUT2D eigenvalue weighted by Gasteiger charge is 2.24. The maximum absolute atomic E-state index is 14.7. The minimum Gasteiger partial charge on any atom is -0.397 e. The van der Waals surface area contributed by atoms with Gasteiger partial charge in [0.15, 0.2) is 0 Å². The second kappa shape index (κ2) is 8.78. The van der Waals surface area contributed by atoms with E-state index in [9.17, 15) is 13.6 Å². The second-order valence-electron chi connectivity index (χ2n) is 8.06. The second-order valence-corrected chi connectivity index (χ2v) is 9.06. The lowest BCUT2D eigenvalue weighted by Gasteiger charge is -2.20. The number of carbonyl (C=O) groups is 1. The summed E-state index contributed by atoms with van der Waals surface area (Å²) in [6.45, 7) is 5.67. The fraction of sp³-hybridized carbons (Fsp3) is 0.391. The summed E-state index contributed by atoms with van der Waals surface area (Å²) in [4.78, 5) is 20.0. The summed E-state index contributed by atoms with van der Waals surface area (Å²) in [6.07, 6.45) is 2.23. The van der Waals surface area contributed by atoms with Crippen molar-refractivity contribution in [2.24, 2.45) is 5.92 Å². The average Bonchev–Trinajstić information content (AvgIpc) is 3.34. The maximum Gasteiger partial charge on any atom is 0.263 e. The summed E-state index contributed by atoms with van der Waals surface area (Å²) >= 11 is 1.23. The molecule has 0 saturated carbocycles. The Morgan fingerprint density at radius 1 is 1.32 bits per heavy atom. The first kappa shape index (κ1) is 21.5. The SMILES string of the molecule is CC[C@H]1CCN(c2cc(F)c(CCNC(=O)c3sc4nc(C)ccc4c3N)cc2F)C1. The lowest BCUT2D eigenvalue weighted by molar-refractivity contribution is 0.0959. The minimum absolute atomic E-state index is 0.177. The van der Waals surface area contributed by atoms with Gasteiger partial charge in [-0.1, -0.05) is 13.3 Å². The molecule has 0 spiro atoms. The fourth-order valence-electron chi connectivity index (χ4n) is 4.05. The van der Waals surface area contributed by atoms with Gasteiger partial charge in [0, 0.05) is 36.8 Å². The Bertz CT molecular complexity index is 1130. The topological polar surface area (TPSA) is 71.2 Å². The highest BCUT2D eigenvalue weighted by molar-refractivity contribution is 7.21. The number of pyridine rings is 1. The van der Waals surface area contributed by atoms with Crippen LogP contribution in [0.4, 0.5) is 20.2 Å². The van der Waals surface area contributed by atoms with Gasteiger partial charge in [0.25, 0.3) is 5.91 Å². The number of nitrogens with two attached hydrogens (primary N) is 1. The van der Waals surface area contributed by atoms with Gasteiger partial charge in [-0.15, -0.1) is 11.3 Å². The molecule has 1 aromatic carbocycles. The van der Waals surface area contributed by atoms with Crippen LogP contribution in [0.25, 0.3) is 10.2 Å². The number of benzene rings is 1. The van der Waals surface area contributed by atoms with Crippen LogP contribution in [0.5, 0.6) is 0 Å². The van der Waals surface area contributed by atoms with Crippen molar-refractivity contribution in [3.63, 3.8) is 0 Å². The van der Waals surface area contributed by atoms with Crippen LogP contribution in [0.1, 0.15) is 40.7 Å². The Balaban J connectivity index is 1.41. The van der Waals surface area contributed by atoms with Gasteiger partial charge in [0.05, 0.1) is 11.4 Å². The summed E-state index contributed by atoms with van der Waals surface area (Å²) in [5.74, 6) is -0.683. The van der Waals surface area contributed by atoms with Crippen LogP contribution in [-0.4, -0.2) is 30.5 Å². The van der Waals surface area contributed by atoms with Crippen LogP contribution in [0.15, 0.2) is 24.3 Å². The fourth-order valence-corrected chi connectivity index (χ4v) is 5.10. The molecule has 1 saturated heterocycles. The van der Waals surface area contributed by atoms with Crippen molar-refractivity contribution in [1.29, 1.82) is 0 Å². The van der Waals surface area contributed by atoms with E-state index in [1.54, 1.807) is 0 Å². The molecule has 3 N–H and O–H groups in total. The van der Waals surface area contributed by atoms with Gasteiger partial charge in [-0.2, -0.15) is 0 Å². The Morgan fingerprint density at radius 3 is 2.87 bits per heavy atom. The molecule has 2 aromatic heterocycles. The van der Waals surface area contributed by atoms with E-state index in [1.807, 2.05) is 24.0 Å². The zero-order chi connectivity index (χ0) is 22.1. The minimum atomic E-state index is -0.452. The molecular formula is C23H26F2N4OS. The zero-order valence-corrected chi connectivity index (χ0v) is 18.5. The number of fused-ring (bicyclic) bond motifs is 1. The Morgan fingerprint density at radius 2 is 2.13 bits per heavy atom. The average molecular weight is 445 g/mol. The van der Waals surface area contributed by atoms with E-state index in [-0.39, 0.29) is 24.4 Å². The molecule has 3 aromatic rings. The summed E-state index contributed by atoms with van der Waals surface area (Å²) in [6, 6.07) is 6.22. The first-order chi connectivity index (χ1) is 14.9. The highest BCUT2D eigenvalue weighted by atomic mass is 32.1. The number of nitrogens with one attached hydrogen (secondary N) is 1. The molecule has 1 atom stereocenters. The molecule has 0 unspecified atom stereocenters. The predicted molar refractivity (Wildman–Crippen MR) is 122 cm³/mol. The van der Waals surface area contributed by atoms with Gasteiger partial charge < -0.3 is 16.0 Å². The molecule has 1 aliphatic heterocycles. The van der Waals surface area contributed by atoms with Gasteiger partial charge in [0.2, 0.25) is 0 Å². The molecule has 4 rings (SSSR count). The van der Waals surface area contributed by atoms with Crippen LogP contribution in [0.2, 0.25) is 0 Å². The van der Waals surface area contributed by atoms with Gasteiger partial charge in [-0.25, -0.2) is 13.8 Å². The summed E-state index contributed by atoms with van der Waals surface area (Å²) in [5.41, 5.74) is 7.91. The monoisotopic (exact) mass is 444 g/mol. The third-order valence-electron chi connectivity index (χ3n) is 5.94. The molecule has 31 heavy (non-hydrogen) atoms. The van der Waals surface area contributed by atoms with E-state index in [2.05, 4.69) is 17.2 Å². The number of aromatic nitrogens is 1.